The number of nitrogens with zero attached hydrogens (tertiary/aromatic N) is 3. The lowest BCUT2D eigenvalue weighted by molar-refractivity contribution is 0.0689. The molecule has 0 spiro atoms. The van der Waals surface area contributed by atoms with Crippen molar-refractivity contribution in [1.29, 1.82) is 0 Å². The lowest BCUT2D eigenvalue weighted by Gasteiger charge is -2.32. The third-order valence-electron chi connectivity index (χ3n) is 4.97. The highest BCUT2D eigenvalue weighted by atomic mass is 19.1. The summed E-state index contributed by atoms with van der Waals surface area (Å²) in [6.07, 6.45) is 2.05. The first kappa shape index (κ1) is 17.6. The van der Waals surface area contributed by atoms with Gasteiger partial charge < -0.3 is 10.2 Å². The van der Waals surface area contributed by atoms with E-state index in [0.717, 1.165) is 43.9 Å². The Morgan fingerprint density at radius 1 is 1.24 bits per heavy atom. The number of likely N-dealkylation sites (tertiary alicyclic amines) is 1. The van der Waals surface area contributed by atoms with Gasteiger partial charge in [0.1, 0.15) is 5.82 Å². The van der Waals surface area contributed by atoms with E-state index in [-0.39, 0.29) is 11.7 Å². The van der Waals surface area contributed by atoms with Gasteiger partial charge in [-0.05, 0) is 70.5 Å². The van der Waals surface area contributed by atoms with Gasteiger partial charge in [-0.25, -0.2) is 9.07 Å². The van der Waals surface area contributed by atoms with Gasteiger partial charge in [-0.1, -0.05) is 0 Å². The van der Waals surface area contributed by atoms with E-state index in [1.807, 2.05) is 25.8 Å². The van der Waals surface area contributed by atoms with Crippen LogP contribution in [0.2, 0.25) is 0 Å². The Labute approximate surface area is 147 Å². The molecule has 0 unspecified atom stereocenters. The predicted octanol–water partition coefficient (Wildman–Crippen LogP) is 2.70. The highest BCUT2D eigenvalue weighted by Gasteiger charge is 2.27. The fraction of sp³-hybridized carbons (Fsp3) is 0.474. The highest BCUT2D eigenvalue weighted by molar-refractivity contribution is 5.96. The maximum Gasteiger partial charge on any atom is 0.257 e. The number of carbonyl (C=O) groups is 1. The number of halogens is 1. The molecule has 2 heterocycles. The average molecular weight is 344 g/mol. The van der Waals surface area contributed by atoms with E-state index in [1.165, 1.54) is 12.1 Å². The first-order valence-corrected chi connectivity index (χ1v) is 8.77. The maximum atomic E-state index is 13.2. The zero-order chi connectivity index (χ0) is 18.0. The van der Waals surface area contributed by atoms with Crippen molar-refractivity contribution in [3.05, 3.63) is 47.0 Å². The second kappa shape index (κ2) is 7.35. The van der Waals surface area contributed by atoms with E-state index in [1.54, 1.807) is 16.8 Å². The van der Waals surface area contributed by atoms with Gasteiger partial charge >= 0.3 is 0 Å². The van der Waals surface area contributed by atoms with Crippen LogP contribution in [0.4, 0.5) is 4.39 Å². The summed E-state index contributed by atoms with van der Waals surface area (Å²) in [7, 11) is 1.97. The SMILES string of the molecule is CNCC1CCN(C(=O)c2c(C)nn(-c3ccc(F)cc3)c2C)CC1. The molecule has 0 radical (unpaired) electrons. The van der Waals surface area contributed by atoms with E-state index < -0.39 is 0 Å². The van der Waals surface area contributed by atoms with Gasteiger partial charge in [0.05, 0.1) is 22.6 Å². The van der Waals surface area contributed by atoms with Crippen LogP contribution in [0.1, 0.15) is 34.6 Å². The Kier molecular flexibility index (Phi) is 5.18. The van der Waals surface area contributed by atoms with Crippen LogP contribution in [0.3, 0.4) is 0 Å². The van der Waals surface area contributed by atoms with Crippen LogP contribution in [0.25, 0.3) is 5.69 Å². The van der Waals surface area contributed by atoms with Crippen molar-refractivity contribution in [2.24, 2.45) is 5.92 Å². The average Bonchev–Trinajstić information content (AvgIpc) is 2.90. The standard InChI is InChI=1S/C19H25FN4O/c1-13-18(19(25)23-10-8-15(9-11-23)12-21-3)14(2)24(22-13)17-6-4-16(20)5-7-17/h4-7,15,21H,8-12H2,1-3H3. The van der Waals surface area contributed by atoms with E-state index in [2.05, 4.69) is 10.4 Å². The molecule has 1 amide bonds. The molecule has 1 N–H and O–H groups in total. The smallest absolute Gasteiger partial charge is 0.257 e. The quantitative estimate of drug-likeness (QED) is 0.928. The lowest BCUT2D eigenvalue weighted by atomic mass is 9.96. The van der Waals surface area contributed by atoms with Gasteiger partial charge in [0, 0.05) is 13.1 Å². The van der Waals surface area contributed by atoms with Crippen molar-refractivity contribution in [3.63, 3.8) is 0 Å². The fourth-order valence-electron chi connectivity index (χ4n) is 3.57. The summed E-state index contributed by atoms with van der Waals surface area (Å²) in [5, 5.41) is 7.72. The molecule has 1 saturated heterocycles. The normalized spacial score (nSPS) is 15.6. The van der Waals surface area contributed by atoms with Crippen molar-refractivity contribution >= 4 is 5.91 Å². The Bertz CT molecular complexity index is 746. The molecule has 1 aliphatic heterocycles. The van der Waals surface area contributed by atoms with E-state index >= 15 is 0 Å². The molecule has 3 rings (SSSR count). The van der Waals surface area contributed by atoms with Gasteiger partial charge in [-0.15, -0.1) is 0 Å². The zero-order valence-electron chi connectivity index (χ0n) is 15.1. The Hall–Kier alpha value is -2.21. The highest BCUT2D eigenvalue weighted by Crippen LogP contribution is 2.23. The summed E-state index contributed by atoms with van der Waals surface area (Å²) in [4.78, 5) is 14.9. The van der Waals surface area contributed by atoms with Crippen molar-refractivity contribution in [2.45, 2.75) is 26.7 Å². The number of hydrogen-bond acceptors (Lipinski definition) is 3. The van der Waals surface area contributed by atoms with Gasteiger partial charge in [0.15, 0.2) is 0 Å². The zero-order valence-corrected chi connectivity index (χ0v) is 15.1. The number of amides is 1. The summed E-state index contributed by atoms with van der Waals surface area (Å²) in [5.41, 5.74) is 2.93. The topological polar surface area (TPSA) is 50.2 Å². The summed E-state index contributed by atoms with van der Waals surface area (Å²) < 4.78 is 14.9. The summed E-state index contributed by atoms with van der Waals surface area (Å²) in [6, 6.07) is 6.15. The molecular weight excluding hydrogens is 319 g/mol. The fourth-order valence-corrected chi connectivity index (χ4v) is 3.57. The molecule has 1 aliphatic rings. The minimum Gasteiger partial charge on any atom is -0.339 e. The van der Waals surface area contributed by atoms with E-state index in [9.17, 15) is 9.18 Å². The third-order valence-corrected chi connectivity index (χ3v) is 4.97. The molecule has 5 nitrogen and oxygen atoms in total. The molecule has 25 heavy (non-hydrogen) atoms. The Balaban J connectivity index is 1.81. The van der Waals surface area contributed by atoms with Crippen molar-refractivity contribution in [3.8, 4) is 5.69 Å². The molecule has 2 aromatic rings. The second-order valence-corrected chi connectivity index (χ2v) is 6.73. The first-order chi connectivity index (χ1) is 12.0. The van der Waals surface area contributed by atoms with Crippen LogP contribution in [0.15, 0.2) is 24.3 Å². The Morgan fingerprint density at radius 2 is 1.88 bits per heavy atom. The van der Waals surface area contributed by atoms with Crippen LogP contribution in [0.5, 0.6) is 0 Å². The predicted molar refractivity (Wildman–Crippen MR) is 95.6 cm³/mol. The van der Waals surface area contributed by atoms with Gasteiger partial charge in [0.2, 0.25) is 0 Å². The molecule has 1 aromatic carbocycles. The van der Waals surface area contributed by atoms with Gasteiger partial charge in [-0.2, -0.15) is 5.10 Å². The lowest BCUT2D eigenvalue weighted by Crippen LogP contribution is -2.40. The number of hydrogen-bond donors (Lipinski definition) is 1. The minimum atomic E-state index is -0.286. The molecular formula is C19H25FN4O. The molecule has 0 atom stereocenters. The first-order valence-electron chi connectivity index (χ1n) is 8.77. The largest absolute Gasteiger partial charge is 0.339 e. The molecule has 0 aliphatic carbocycles. The van der Waals surface area contributed by atoms with Gasteiger partial charge in [0.25, 0.3) is 5.91 Å². The monoisotopic (exact) mass is 344 g/mol. The van der Waals surface area contributed by atoms with Gasteiger partial charge in [-0.3, -0.25) is 4.79 Å². The number of aromatic nitrogens is 2. The Morgan fingerprint density at radius 3 is 2.48 bits per heavy atom. The number of nitrogens with one attached hydrogen (secondary N) is 1. The molecule has 134 valence electrons. The van der Waals surface area contributed by atoms with Crippen LogP contribution in [0, 0.1) is 25.6 Å². The van der Waals surface area contributed by atoms with Crippen LogP contribution < -0.4 is 5.32 Å². The molecule has 1 aromatic heterocycles. The number of piperidine rings is 1. The van der Waals surface area contributed by atoms with Crippen LogP contribution in [-0.4, -0.2) is 47.3 Å². The van der Waals surface area contributed by atoms with Crippen LogP contribution >= 0.6 is 0 Å². The molecule has 1 fully saturated rings. The van der Waals surface area contributed by atoms with Crippen molar-refractivity contribution in [1.82, 2.24) is 20.0 Å². The van der Waals surface area contributed by atoms with Crippen LogP contribution in [-0.2, 0) is 0 Å². The van der Waals surface area contributed by atoms with E-state index in [4.69, 9.17) is 0 Å². The second-order valence-electron chi connectivity index (χ2n) is 6.73. The van der Waals surface area contributed by atoms with E-state index in [0.29, 0.717) is 17.2 Å². The molecule has 0 bridgehead atoms. The maximum absolute atomic E-state index is 13.2. The third kappa shape index (κ3) is 3.58. The summed E-state index contributed by atoms with van der Waals surface area (Å²) in [6.45, 7) is 6.32. The summed E-state index contributed by atoms with van der Waals surface area (Å²) >= 11 is 0. The summed E-state index contributed by atoms with van der Waals surface area (Å²) in [5.74, 6) is 0.399. The van der Waals surface area contributed by atoms with Crippen molar-refractivity contribution < 1.29 is 9.18 Å². The molecule has 6 heteroatoms. The number of carbonyl (C=O) groups excluding carboxylic acids is 1. The number of aryl methyl sites for hydroxylation is 1. The number of benzene rings is 1. The number of rotatable bonds is 4. The minimum absolute atomic E-state index is 0.0475. The van der Waals surface area contributed by atoms with Crippen molar-refractivity contribution in [2.75, 3.05) is 26.7 Å². The molecule has 0 saturated carbocycles.